The third-order valence-electron chi connectivity index (χ3n) is 3.69. The van der Waals surface area contributed by atoms with Gasteiger partial charge >= 0.3 is 0 Å². The zero-order chi connectivity index (χ0) is 15.5. The van der Waals surface area contributed by atoms with Crippen LogP contribution in [0.3, 0.4) is 0 Å². The normalized spacial score (nSPS) is 19.9. The molecule has 0 spiro atoms. The Morgan fingerprint density at radius 3 is 2.57 bits per heavy atom. The van der Waals surface area contributed by atoms with Crippen molar-refractivity contribution in [1.29, 1.82) is 5.26 Å². The zero-order valence-corrected chi connectivity index (χ0v) is 12.8. The van der Waals surface area contributed by atoms with Crippen LogP contribution in [-0.2, 0) is 14.8 Å². The first kappa shape index (κ1) is 15.7. The molecule has 0 N–H and O–H groups in total. The number of carbonyl (C=O) groups excluding carboxylic acids is 1. The van der Waals surface area contributed by atoms with Gasteiger partial charge in [0, 0.05) is 19.0 Å². The molecule has 0 aliphatic carbocycles. The topological polar surface area (TPSA) is 78.2 Å². The van der Waals surface area contributed by atoms with Gasteiger partial charge in [-0.15, -0.1) is 0 Å². The van der Waals surface area contributed by atoms with Crippen molar-refractivity contribution in [2.24, 2.45) is 0 Å². The molecule has 1 heterocycles. The number of piperidine rings is 1. The van der Waals surface area contributed by atoms with Gasteiger partial charge in [-0.05, 0) is 44.0 Å². The maximum atomic E-state index is 12.7. The summed E-state index contributed by atoms with van der Waals surface area (Å²) in [7, 11) is -3.61. The maximum absolute atomic E-state index is 12.7. The van der Waals surface area contributed by atoms with Crippen molar-refractivity contribution in [3.8, 4) is 6.07 Å². The molecule has 1 fully saturated rings. The molecule has 1 atom stereocenters. The van der Waals surface area contributed by atoms with Gasteiger partial charge in [-0.2, -0.15) is 9.57 Å². The first-order chi connectivity index (χ1) is 9.95. The summed E-state index contributed by atoms with van der Waals surface area (Å²) in [5.41, 5.74) is 0.424. The van der Waals surface area contributed by atoms with Crippen LogP contribution in [0.2, 0.25) is 0 Å². The van der Waals surface area contributed by atoms with E-state index >= 15 is 0 Å². The lowest BCUT2D eigenvalue weighted by Gasteiger charge is -2.34. The highest BCUT2D eigenvalue weighted by Gasteiger charge is 2.33. The molecule has 0 radical (unpaired) electrons. The fraction of sp³-hybridized carbons (Fsp3) is 0.467. The summed E-state index contributed by atoms with van der Waals surface area (Å²) in [6.45, 7) is 1.93. The molecular formula is C15H18N2O3S. The molecule has 6 heteroatoms. The van der Waals surface area contributed by atoms with E-state index in [-0.39, 0.29) is 23.1 Å². The summed E-state index contributed by atoms with van der Waals surface area (Å²) >= 11 is 0. The molecule has 0 aromatic heterocycles. The summed E-state index contributed by atoms with van der Waals surface area (Å²) in [4.78, 5) is 11.5. The second-order valence-electron chi connectivity index (χ2n) is 5.31. The molecule has 2 rings (SSSR count). The number of Topliss-reactive ketones (excluding diaryl/α,β-unsaturated/α-hetero) is 1. The van der Waals surface area contributed by atoms with Crippen LogP contribution >= 0.6 is 0 Å². The van der Waals surface area contributed by atoms with Crippen molar-refractivity contribution in [3.63, 3.8) is 0 Å². The first-order valence-electron chi connectivity index (χ1n) is 6.96. The molecule has 1 aromatic carbocycles. The van der Waals surface area contributed by atoms with Gasteiger partial charge in [0.25, 0.3) is 0 Å². The van der Waals surface area contributed by atoms with Crippen LogP contribution in [0.4, 0.5) is 0 Å². The molecule has 112 valence electrons. The molecule has 5 nitrogen and oxygen atoms in total. The van der Waals surface area contributed by atoms with E-state index in [4.69, 9.17) is 5.26 Å². The quantitative estimate of drug-likeness (QED) is 0.853. The molecule has 1 unspecified atom stereocenters. The van der Waals surface area contributed by atoms with Gasteiger partial charge in [-0.1, -0.05) is 6.42 Å². The Bertz CT molecular complexity index is 659. The summed E-state index contributed by atoms with van der Waals surface area (Å²) in [6.07, 6.45) is 2.73. The number of ketones is 1. The van der Waals surface area contributed by atoms with Gasteiger partial charge in [0.05, 0.1) is 16.5 Å². The Morgan fingerprint density at radius 1 is 1.33 bits per heavy atom. The van der Waals surface area contributed by atoms with Crippen molar-refractivity contribution in [2.45, 2.75) is 43.5 Å². The van der Waals surface area contributed by atoms with Gasteiger partial charge < -0.3 is 0 Å². The van der Waals surface area contributed by atoms with Crippen LogP contribution in [0, 0.1) is 11.3 Å². The lowest BCUT2D eigenvalue weighted by atomic mass is 10.0. The molecule has 1 aromatic rings. The van der Waals surface area contributed by atoms with Crippen LogP contribution in [0.25, 0.3) is 0 Å². The minimum Gasteiger partial charge on any atom is -0.300 e. The lowest BCUT2D eigenvalue weighted by molar-refractivity contribution is -0.118. The Balaban J connectivity index is 2.31. The average Bonchev–Trinajstić information content (AvgIpc) is 2.47. The van der Waals surface area contributed by atoms with E-state index in [1.54, 1.807) is 0 Å². The molecule has 0 amide bonds. The summed E-state index contributed by atoms with van der Waals surface area (Å²) < 4.78 is 26.9. The van der Waals surface area contributed by atoms with Crippen molar-refractivity contribution in [3.05, 3.63) is 29.8 Å². The summed E-state index contributed by atoms with van der Waals surface area (Å²) in [5.74, 6) is 0.00179. The van der Waals surface area contributed by atoms with Crippen LogP contribution in [0.1, 0.15) is 38.2 Å². The minimum atomic E-state index is -3.61. The van der Waals surface area contributed by atoms with Gasteiger partial charge in [-0.25, -0.2) is 8.42 Å². The monoisotopic (exact) mass is 306 g/mol. The number of carbonyl (C=O) groups is 1. The fourth-order valence-electron chi connectivity index (χ4n) is 2.66. The standard InChI is InChI=1S/C15H18N2O3S/c1-12(18)10-14-4-2-3-9-17(14)21(19,20)15-7-5-13(11-16)6-8-15/h5-8,14H,2-4,9-10H2,1H3. The summed E-state index contributed by atoms with van der Waals surface area (Å²) in [6, 6.07) is 7.61. The van der Waals surface area contributed by atoms with E-state index in [9.17, 15) is 13.2 Å². The molecular weight excluding hydrogens is 288 g/mol. The maximum Gasteiger partial charge on any atom is 0.243 e. The molecule has 1 aliphatic heterocycles. The van der Waals surface area contributed by atoms with Crippen LogP contribution in [0.5, 0.6) is 0 Å². The molecule has 21 heavy (non-hydrogen) atoms. The van der Waals surface area contributed by atoms with Crippen molar-refractivity contribution >= 4 is 15.8 Å². The highest BCUT2D eigenvalue weighted by molar-refractivity contribution is 7.89. The number of sulfonamides is 1. The number of nitrogens with zero attached hydrogens (tertiary/aromatic N) is 2. The fourth-order valence-corrected chi connectivity index (χ4v) is 4.36. The Morgan fingerprint density at radius 2 is 2.00 bits per heavy atom. The second-order valence-corrected chi connectivity index (χ2v) is 7.20. The van der Waals surface area contributed by atoms with E-state index in [2.05, 4.69) is 0 Å². The van der Waals surface area contributed by atoms with Gasteiger partial charge in [-0.3, -0.25) is 4.79 Å². The number of nitriles is 1. The number of hydrogen-bond donors (Lipinski definition) is 0. The van der Waals surface area contributed by atoms with E-state index < -0.39 is 10.0 Å². The number of benzene rings is 1. The third-order valence-corrected chi connectivity index (χ3v) is 5.65. The minimum absolute atomic E-state index is 0.00179. The van der Waals surface area contributed by atoms with Gasteiger partial charge in [0.2, 0.25) is 10.0 Å². The predicted octanol–water partition coefficient (Wildman–Crippen LogP) is 2.08. The summed E-state index contributed by atoms with van der Waals surface area (Å²) in [5, 5.41) is 8.77. The van der Waals surface area contributed by atoms with E-state index in [0.717, 1.165) is 19.3 Å². The predicted molar refractivity (Wildman–Crippen MR) is 78.0 cm³/mol. The second kappa shape index (κ2) is 6.37. The lowest BCUT2D eigenvalue weighted by Crippen LogP contribution is -2.44. The molecule has 1 saturated heterocycles. The van der Waals surface area contributed by atoms with E-state index in [0.29, 0.717) is 12.1 Å². The van der Waals surface area contributed by atoms with Crippen molar-refractivity contribution in [2.75, 3.05) is 6.54 Å². The number of rotatable bonds is 4. The molecule has 0 saturated carbocycles. The van der Waals surface area contributed by atoms with Crippen LogP contribution < -0.4 is 0 Å². The Kier molecular flexibility index (Phi) is 4.76. The van der Waals surface area contributed by atoms with E-state index in [1.807, 2.05) is 6.07 Å². The van der Waals surface area contributed by atoms with E-state index in [1.165, 1.54) is 35.5 Å². The zero-order valence-electron chi connectivity index (χ0n) is 11.9. The molecule has 0 bridgehead atoms. The average molecular weight is 306 g/mol. The number of hydrogen-bond acceptors (Lipinski definition) is 4. The molecule has 1 aliphatic rings. The van der Waals surface area contributed by atoms with Gasteiger partial charge in [0.1, 0.15) is 5.78 Å². The first-order valence-corrected chi connectivity index (χ1v) is 8.40. The largest absolute Gasteiger partial charge is 0.300 e. The van der Waals surface area contributed by atoms with Crippen LogP contribution in [0.15, 0.2) is 29.2 Å². The highest BCUT2D eigenvalue weighted by Crippen LogP contribution is 2.27. The Labute approximate surface area is 125 Å². The SMILES string of the molecule is CC(=O)CC1CCCCN1S(=O)(=O)c1ccc(C#N)cc1. The van der Waals surface area contributed by atoms with Crippen molar-refractivity contribution < 1.29 is 13.2 Å². The smallest absolute Gasteiger partial charge is 0.243 e. The van der Waals surface area contributed by atoms with Gasteiger partial charge in [0.15, 0.2) is 0 Å². The van der Waals surface area contributed by atoms with Crippen LogP contribution in [-0.4, -0.2) is 31.1 Å². The Hall–Kier alpha value is -1.71. The van der Waals surface area contributed by atoms with Crippen molar-refractivity contribution in [1.82, 2.24) is 4.31 Å². The highest BCUT2D eigenvalue weighted by atomic mass is 32.2. The third kappa shape index (κ3) is 3.49.